The van der Waals surface area contributed by atoms with Gasteiger partial charge in [0.15, 0.2) is 0 Å². The summed E-state index contributed by atoms with van der Waals surface area (Å²) in [6.45, 7) is -0.311. The number of rotatable bonds is 4. The highest BCUT2D eigenvalue weighted by Crippen LogP contribution is 2.40. The van der Waals surface area contributed by atoms with E-state index in [4.69, 9.17) is 16.6 Å². The number of imidazole rings is 1. The second-order valence-corrected chi connectivity index (χ2v) is 9.76. The van der Waals surface area contributed by atoms with Gasteiger partial charge in [-0.25, -0.2) is 9.37 Å². The summed E-state index contributed by atoms with van der Waals surface area (Å²) in [5.41, 5.74) is 6.37. The summed E-state index contributed by atoms with van der Waals surface area (Å²) >= 11 is 6.71. The third kappa shape index (κ3) is 3.71. The largest absolute Gasteiger partial charge is 0.335 e. The SMILES string of the molecule is Cn1cncc1C1(NCCF)c2ccc(Cl)c(c2)CCc2cccc(c2)-c2nccc3ccc1cc23. The van der Waals surface area contributed by atoms with E-state index in [0.717, 1.165) is 62.3 Å². The van der Waals surface area contributed by atoms with Crippen molar-refractivity contribution >= 4 is 22.4 Å². The molecule has 1 aliphatic rings. The van der Waals surface area contributed by atoms with Gasteiger partial charge in [0, 0.05) is 35.8 Å². The fourth-order valence-electron chi connectivity index (χ4n) is 5.49. The van der Waals surface area contributed by atoms with Gasteiger partial charge in [-0.15, -0.1) is 0 Å². The maximum absolute atomic E-state index is 13.8. The Balaban J connectivity index is 1.74. The zero-order valence-electron chi connectivity index (χ0n) is 20.0. The Kier molecular flexibility index (Phi) is 5.82. The van der Waals surface area contributed by atoms with E-state index in [1.807, 2.05) is 42.2 Å². The minimum atomic E-state index is -0.843. The summed E-state index contributed by atoms with van der Waals surface area (Å²) in [7, 11) is 1.97. The molecule has 0 saturated heterocycles. The molecule has 0 radical (unpaired) electrons. The number of benzene rings is 3. The van der Waals surface area contributed by atoms with Gasteiger partial charge in [-0.3, -0.25) is 10.3 Å². The second kappa shape index (κ2) is 9.16. The van der Waals surface area contributed by atoms with Crippen molar-refractivity contribution in [3.63, 3.8) is 0 Å². The quantitative estimate of drug-likeness (QED) is 0.320. The topological polar surface area (TPSA) is 42.7 Å². The molecule has 6 bridgehead atoms. The van der Waals surface area contributed by atoms with E-state index in [0.29, 0.717) is 0 Å². The summed E-state index contributed by atoms with van der Waals surface area (Å²) in [5, 5.41) is 6.46. The van der Waals surface area contributed by atoms with E-state index < -0.39 is 12.2 Å². The number of halogens is 2. The van der Waals surface area contributed by atoms with Crippen LogP contribution in [-0.2, 0) is 25.4 Å². The van der Waals surface area contributed by atoms with Crippen LogP contribution in [0.15, 0.2) is 85.5 Å². The summed E-state index contributed by atoms with van der Waals surface area (Å²) in [6.07, 6.45) is 7.14. The first kappa shape index (κ1) is 22.9. The van der Waals surface area contributed by atoms with E-state index in [1.54, 1.807) is 6.33 Å². The van der Waals surface area contributed by atoms with Crippen molar-refractivity contribution in [1.29, 1.82) is 0 Å². The van der Waals surface area contributed by atoms with Crippen LogP contribution in [0.2, 0.25) is 5.02 Å². The molecule has 6 heteroatoms. The Hall–Kier alpha value is -3.54. The lowest BCUT2D eigenvalue weighted by atomic mass is 9.78. The highest BCUT2D eigenvalue weighted by Gasteiger charge is 2.39. The number of nitrogens with one attached hydrogen (secondary N) is 1. The number of hydrogen-bond donors (Lipinski definition) is 1. The predicted octanol–water partition coefficient (Wildman–Crippen LogP) is 6.24. The van der Waals surface area contributed by atoms with E-state index in [2.05, 4.69) is 58.8 Å². The number of alkyl halides is 1. The normalized spacial score (nSPS) is 17.0. The lowest BCUT2D eigenvalue weighted by molar-refractivity contribution is 0.394. The fraction of sp³-hybridized carbons (Fsp3) is 0.200. The van der Waals surface area contributed by atoms with Crippen LogP contribution < -0.4 is 5.32 Å². The van der Waals surface area contributed by atoms with Crippen LogP contribution >= 0.6 is 11.6 Å². The smallest absolute Gasteiger partial charge is 0.112 e. The minimum absolute atomic E-state index is 0.182. The maximum atomic E-state index is 13.8. The van der Waals surface area contributed by atoms with Crippen molar-refractivity contribution in [3.05, 3.63) is 118 Å². The van der Waals surface area contributed by atoms with E-state index in [9.17, 15) is 4.39 Å². The van der Waals surface area contributed by atoms with Crippen molar-refractivity contribution in [2.75, 3.05) is 13.2 Å². The van der Waals surface area contributed by atoms with Crippen LogP contribution in [0.3, 0.4) is 0 Å². The van der Waals surface area contributed by atoms with Gasteiger partial charge in [0.1, 0.15) is 12.2 Å². The van der Waals surface area contributed by atoms with Gasteiger partial charge in [0.25, 0.3) is 0 Å². The van der Waals surface area contributed by atoms with Crippen LogP contribution in [-0.4, -0.2) is 27.8 Å². The van der Waals surface area contributed by atoms with Crippen LogP contribution in [0.4, 0.5) is 4.39 Å². The summed E-state index contributed by atoms with van der Waals surface area (Å²) in [4.78, 5) is 9.24. The molecule has 1 atom stereocenters. The molecule has 1 aliphatic carbocycles. The van der Waals surface area contributed by atoms with Crippen molar-refractivity contribution in [2.45, 2.75) is 18.4 Å². The first-order valence-electron chi connectivity index (χ1n) is 12.2. The van der Waals surface area contributed by atoms with Crippen LogP contribution in [0, 0.1) is 0 Å². The number of pyridine rings is 1. The Morgan fingerprint density at radius 3 is 2.72 bits per heavy atom. The number of fused-ring (bicyclic) bond motifs is 6. The molecule has 36 heavy (non-hydrogen) atoms. The molecule has 4 nitrogen and oxygen atoms in total. The molecule has 1 N–H and O–H groups in total. The lowest BCUT2D eigenvalue weighted by Crippen LogP contribution is -2.47. The Bertz CT molecular complexity index is 1580. The third-order valence-electron chi connectivity index (χ3n) is 7.25. The fourth-order valence-corrected chi connectivity index (χ4v) is 5.71. The summed E-state index contributed by atoms with van der Waals surface area (Å²) in [6, 6.07) is 23.2. The molecule has 0 fully saturated rings. The molecule has 180 valence electrons. The third-order valence-corrected chi connectivity index (χ3v) is 7.62. The van der Waals surface area contributed by atoms with E-state index in [1.165, 1.54) is 5.56 Å². The standard InChI is InChI=1S/C30H26ClFN4/c1-36-19-33-18-28(36)30(35-14-12-32)24-9-10-27(31)22(16-24)6-5-20-3-2-4-23(15-20)29-26-17-25(30)8-7-21(26)11-13-34-29/h2-4,7-11,13,15-19,35H,5-6,12,14H2,1H3. The summed E-state index contributed by atoms with van der Waals surface area (Å²) < 4.78 is 15.7. The molecule has 6 rings (SSSR count). The van der Waals surface area contributed by atoms with Gasteiger partial charge in [-0.1, -0.05) is 54.1 Å². The molecule has 0 amide bonds. The molecule has 0 aliphatic heterocycles. The first-order chi connectivity index (χ1) is 17.6. The molecule has 5 aromatic rings. The van der Waals surface area contributed by atoms with Gasteiger partial charge in [-0.05, 0) is 64.7 Å². The van der Waals surface area contributed by atoms with Gasteiger partial charge >= 0.3 is 0 Å². The van der Waals surface area contributed by atoms with Gasteiger partial charge in [-0.2, -0.15) is 0 Å². The number of hydrogen-bond acceptors (Lipinski definition) is 3. The van der Waals surface area contributed by atoms with Crippen LogP contribution in [0.25, 0.3) is 22.0 Å². The second-order valence-electron chi connectivity index (χ2n) is 9.36. The average molecular weight is 497 g/mol. The van der Waals surface area contributed by atoms with Gasteiger partial charge < -0.3 is 4.57 Å². The van der Waals surface area contributed by atoms with Crippen LogP contribution in [0.5, 0.6) is 0 Å². The number of nitrogens with zero attached hydrogens (tertiary/aromatic N) is 3. The predicted molar refractivity (Wildman–Crippen MR) is 143 cm³/mol. The van der Waals surface area contributed by atoms with Crippen LogP contribution in [0.1, 0.15) is 27.9 Å². The molecule has 2 aromatic heterocycles. The zero-order valence-corrected chi connectivity index (χ0v) is 20.8. The zero-order chi connectivity index (χ0) is 24.7. The molecule has 0 saturated carbocycles. The first-order valence-corrected chi connectivity index (χ1v) is 12.5. The summed E-state index contributed by atoms with van der Waals surface area (Å²) in [5.74, 6) is 0. The minimum Gasteiger partial charge on any atom is -0.335 e. The van der Waals surface area contributed by atoms with Gasteiger partial charge in [0.05, 0.1) is 23.9 Å². The highest BCUT2D eigenvalue weighted by molar-refractivity contribution is 6.31. The van der Waals surface area contributed by atoms with Gasteiger partial charge in [0.2, 0.25) is 0 Å². The molecule has 1 unspecified atom stereocenters. The maximum Gasteiger partial charge on any atom is 0.112 e. The molecule has 0 spiro atoms. The number of aromatic nitrogens is 3. The monoisotopic (exact) mass is 496 g/mol. The molecule has 2 heterocycles. The van der Waals surface area contributed by atoms with Crippen molar-refractivity contribution in [2.24, 2.45) is 7.05 Å². The molecule has 3 aromatic carbocycles. The lowest BCUT2D eigenvalue weighted by Gasteiger charge is -2.37. The van der Waals surface area contributed by atoms with Crippen molar-refractivity contribution < 1.29 is 4.39 Å². The Labute approximate surface area is 214 Å². The Morgan fingerprint density at radius 1 is 1.03 bits per heavy atom. The van der Waals surface area contributed by atoms with Crippen molar-refractivity contribution in [3.8, 4) is 11.3 Å². The van der Waals surface area contributed by atoms with E-state index >= 15 is 0 Å². The van der Waals surface area contributed by atoms with Crippen molar-refractivity contribution in [1.82, 2.24) is 19.9 Å². The molecular weight excluding hydrogens is 471 g/mol. The molecular formula is C30H26ClFN4. The Morgan fingerprint density at radius 2 is 1.89 bits per heavy atom. The average Bonchev–Trinajstić information content (AvgIpc) is 3.34. The van der Waals surface area contributed by atoms with E-state index in [-0.39, 0.29) is 6.54 Å². The highest BCUT2D eigenvalue weighted by atomic mass is 35.5. The number of aryl methyl sites for hydroxylation is 3.